The molecule has 0 radical (unpaired) electrons. The predicted molar refractivity (Wildman–Crippen MR) is 50.8 cm³/mol. The topological polar surface area (TPSA) is 161 Å². The summed E-state index contributed by atoms with van der Waals surface area (Å²) in [7, 11) is 0. The minimum atomic E-state index is -1.61. The van der Waals surface area contributed by atoms with Gasteiger partial charge in [-0.25, -0.2) is 0 Å². The van der Waals surface area contributed by atoms with Crippen LogP contribution < -0.4 is 20.4 Å². The van der Waals surface area contributed by atoms with Gasteiger partial charge in [0.15, 0.2) is 0 Å². The number of carboxylic acid groups (broad SMARTS) is 4. The van der Waals surface area contributed by atoms with Crippen molar-refractivity contribution in [2.45, 2.75) is 0 Å². The first-order chi connectivity index (χ1) is 6.93. The number of carbonyl (C=O) groups excluding carboxylic acids is 4. The van der Waals surface area contributed by atoms with Crippen molar-refractivity contribution in [2.24, 2.45) is 0 Å². The fraction of sp³-hybridized carbons (Fsp3) is 0. The third-order valence-corrected chi connectivity index (χ3v) is 0. The molecule has 8 nitrogen and oxygen atoms in total. The zero-order chi connectivity index (χ0) is 14.3. The van der Waals surface area contributed by atoms with Gasteiger partial charge in [-0.1, -0.05) is 46.4 Å². The van der Waals surface area contributed by atoms with Crippen LogP contribution in [0.2, 0.25) is 0 Å². The van der Waals surface area contributed by atoms with E-state index in [1.807, 2.05) is 0 Å². The predicted octanol–water partition coefficient (Wildman–Crippen LogP) is -2.11. The standard InChI is InChI=1S/4CHClO2.Si/c4*2-1(3)4;/h4*(H,3,4);/q;;;;+4/p-4. The van der Waals surface area contributed by atoms with Gasteiger partial charge < -0.3 is 39.6 Å². The zero-order valence-electron chi connectivity index (χ0n) is 7.28. The fourth-order valence-corrected chi connectivity index (χ4v) is 0. The molecular formula is C4Cl4O8Si. The molecule has 0 atom stereocenters. The minimum absolute atomic E-state index is 0. The van der Waals surface area contributed by atoms with Crippen LogP contribution in [-0.2, 0) is 0 Å². The summed E-state index contributed by atoms with van der Waals surface area (Å²) < 4.78 is 0. The van der Waals surface area contributed by atoms with Crippen molar-refractivity contribution < 1.29 is 39.6 Å². The molecular weight excluding hydrogens is 346 g/mol. The SMILES string of the molecule is O=C([O-])Cl.O=C([O-])Cl.O=C([O-])Cl.O=C([O-])Cl.[Si+4]. The summed E-state index contributed by atoms with van der Waals surface area (Å²) in [6.07, 6.45) is 0. The van der Waals surface area contributed by atoms with Crippen molar-refractivity contribution in [3.63, 3.8) is 0 Å². The molecule has 0 fully saturated rings. The van der Waals surface area contributed by atoms with Crippen LogP contribution in [0, 0.1) is 0 Å². The van der Waals surface area contributed by atoms with Crippen LogP contribution in [0.1, 0.15) is 0 Å². The Labute approximate surface area is 119 Å². The molecule has 0 rings (SSSR count). The molecule has 17 heavy (non-hydrogen) atoms. The summed E-state index contributed by atoms with van der Waals surface area (Å²) in [6.45, 7) is 0. The molecule has 0 saturated carbocycles. The van der Waals surface area contributed by atoms with Crippen molar-refractivity contribution in [2.75, 3.05) is 0 Å². The molecule has 0 saturated heterocycles. The molecule has 0 amide bonds. The van der Waals surface area contributed by atoms with Crippen molar-refractivity contribution in [1.29, 1.82) is 0 Å². The van der Waals surface area contributed by atoms with Crippen molar-refractivity contribution >= 4 is 79.1 Å². The Morgan fingerprint density at radius 1 is 0.529 bits per heavy atom. The molecule has 0 bridgehead atoms. The summed E-state index contributed by atoms with van der Waals surface area (Å²) in [6, 6.07) is 0. The molecule has 0 aromatic carbocycles. The van der Waals surface area contributed by atoms with Crippen LogP contribution in [0.15, 0.2) is 0 Å². The molecule has 0 aromatic heterocycles. The van der Waals surface area contributed by atoms with E-state index in [1.165, 1.54) is 0 Å². The first-order valence-corrected chi connectivity index (χ1v) is 3.90. The number of halogens is 4. The third kappa shape index (κ3) is 4860. The van der Waals surface area contributed by atoms with E-state index in [0.717, 1.165) is 0 Å². The Balaban J connectivity index is -0.0000000369. The van der Waals surface area contributed by atoms with Gasteiger partial charge in [-0.3, -0.25) is 0 Å². The molecule has 0 spiro atoms. The van der Waals surface area contributed by atoms with Gasteiger partial charge in [0.2, 0.25) is 0 Å². The van der Waals surface area contributed by atoms with Crippen LogP contribution in [0.5, 0.6) is 0 Å². The summed E-state index contributed by atoms with van der Waals surface area (Å²) >= 11 is 16.3. The molecule has 0 aliphatic heterocycles. The number of hydrogen-bond acceptors (Lipinski definition) is 8. The number of hydrogen-bond donors (Lipinski definition) is 0. The first-order valence-electron chi connectivity index (χ1n) is 2.39. The van der Waals surface area contributed by atoms with Gasteiger partial charge in [-0.2, -0.15) is 0 Å². The summed E-state index contributed by atoms with van der Waals surface area (Å²) in [5.74, 6) is 0. The maximum atomic E-state index is 8.65. The Morgan fingerprint density at radius 2 is 0.529 bits per heavy atom. The van der Waals surface area contributed by atoms with Gasteiger partial charge in [-0.15, -0.1) is 0 Å². The summed E-state index contributed by atoms with van der Waals surface area (Å²) in [4.78, 5) is 34.6. The largest absolute Gasteiger partial charge is 4.00 e. The Morgan fingerprint density at radius 3 is 0.529 bits per heavy atom. The van der Waals surface area contributed by atoms with Gasteiger partial charge in [0.25, 0.3) is 0 Å². The zero-order valence-corrected chi connectivity index (χ0v) is 11.3. The van der Waals surface area contributed by atoms with Gasteiger partial charge in [0.05, 0.1) is 0 Å². The van der Waals surface area contributed by atoms with Crippen molar-refractivity contribution in [3.05, 3.63) is 0 Å². The van der Waals surface area contributed by atoms with Crippen LogP contribution in [-0.4, -0.2) is 32.7 Å². The fourth-order valence-electron chi connectivity index (χ4n) is 0. The number of rotatable bonds is 0. The molecule has 0 aliphatic carbocycles. The van der Waals surface area contributed by atoms with Crippen LogP contribution in [0.25, 0.3) is 0 Å². The second-order valence-corrected chi connectivity index (χ2v) is 2.18. The van der Waals surface area contributed by atoms with E-state index in [4.69, 9.17) is 39.6 Å². The molecule has 96 valence electrons. The minimum Gasteiger partial charge on any atom is -0.534 e. The first kappa shape index (κ1) is 29.9. The Hall–Kier alpha value is -0.743. The number of carbonyl (C=O) groups is 4. The van der Waals surface area contributed by atoms with E-state index >= 15 is 0 Å². The van der Waals surface area contributed by atoms with Gasteiger partial charge >= 0.3 is 11.0 Å². The Kier molecular flexibility index (Phi) is 43.0. The van der Waals surface area contributed by atoms with E-state index in [1.54, 1.807) is 0 Å². The summed E-state index contributed by atoms with van der Waals surface area (Å²) in [5, 5.41) is 34.6. The normalized spacial score (nSPS) is 5.88. The molecule has 0 heterocycles. The van der Waals surface area contributed by atoms with E-state index in [9.17, 15) is 0 Å². The Bertz CT molecular complexity index is 170. The average Bonchev–Trinajstić information content (AvgIpc) is 1.76. The second-order valence-electron chi connectivity index (χ2n) is 0.951. The maximum Gasteiger partial charge on any atom is 4.00 e. The maximum absolute atomic E-state index is 8.65. The van der Waals surface area contributed by atoms with Crippen molar-refractivity contribution in [3.8, 4) is 0 Å². The van der Waals surface area contributed by atoms with E-state index in [0.29, 0.717) is 0 Å². The van der Waals surface area contributed by atoms with Crippen LogP contribution in [0.4, 0.5) is 19.2 Å². The summed E-state index contributed by atoms with van der Waals surface area (Å²) in [5.41, 5.74) is -6.44. The molecule has 0 aromatic rings. The average molecular weight is 346 g/mol. The van der Waals surface area contributed by atoms with Gasteiger partial charge in [-0.05, 0) is 0 Å². The molecule has 0 aliphatic rings. The van der Waals surface area contributed by atoms with E-state index < -0.39 is 21.7 Å². The molecule has 13 heteroatoms. The van der Waals surface area contributed by atoms with Crippen molar-refractivity contribution in [1.82, 2.24) is 0 Å². The molecule has 0 unspecified atom stereocenters. The van der Waals surface area contributed by atoms with E-state index in [2.05, 4.69) is 46.4 Å². The second kappa shape index (κ2) is 24.5. The van der Waals surface area contributed by atoms with Crippen LogP contribution in [0.3, 0.4) is 0 Å². The van der Waals surface area contributed by atoms with E-state index in [-0.39, 0.29) is 11.0 Å². The van der Waals surface area contributed by atoms with Gasteiger partial charge in [0.1, 0.15) is 21.7 Å². The third-order valence-electron chi connectivity index (χ3n) is 0. The van der Waals surface area contributed by atoms with Gasteiger partial charge in [0, 0.05) is 0 Å². The quantitative estimate of drug-likeness (QED) is 0.356. The van der Waals surface area contributed by atoms with Crippen LogP contribution >= 0.6 is 46.4 Å². The smallest absolute Gasteiger partial charge is 0.534 e. The monoisotopic (exact) mass is 344 g/mol. The molecule has 0 N–H and O–H groups in total.